The van der Waals surface area contributed by atoms with Gasteiger partial charge in [0, 0.05) is 42.0 Å². The number of carbonyl (C=O) groups excluding carboxylic acids is 2. The van der Waals surface area contributed by atoms with Crippen molar-refractivity contribution in [3.63, 3.8) is 0 Å². The average Bonchev–Trinajstić information content (AvgIpc) is 3.20. The van der Waals surface area contributed by atoms with Crippen molar-refractivity contribution in [2.45, 2.75) is 13.3 Å². The van der Waals surface area contributed by atoms with Crippen molar-refractivity contribution < 1.29 is 9.59 Å². The minimum Gasteiger partial charge on any atom is -0.346 e. The molecule has 0 bridgehead atoms. The number of amides is 2. The van der Waals surface area contributed by atoms with E-state index in [1.165, 1.54) is 0 Å². The van der Waals surface area contributed by atoms with Gasteiger partial charge < -0.3 is 15.2 Å². The van der Waals surface area contributed by atoms with E-state index in [4.69, 9.17) is 0 Å². The minimum absolute atomic E-state index is 0.0691. The molecule has 0 fully saturated rings. The molecule has 0 saturated heterocycles. The molecule has 2 heterocycles. The predicted molar refractivity (Wildman–Crippen MR) is 138 cm³/mol. The van der Waals surface area contributed by atoms with Crippen LogP contribution in [0.25, 0.3) is 16.7 Å². The van der Waals surface area contributed by atoms with Crippen molar-refractivity contribution in [1.29, 1.82) is 0 Å². The van der Waals surface area contributed by atoms with Crippen LogP contribution in [-0.2, 0) is 6.42 Å². The Morgan fingerprint density at radius 3 is 2.46 bits per heavy atom. The molecule has 1 aromatic heterocycles. The molecule has 35 heavy (non-hydrogen) atoms. The Kier molecular flexibility index (Phi) is 6.02. The Morgan fingerprint density at radius 2 is 1.69 bits per heavy atom. The molecule has 3 aromatic carbocycles. The summed E-state index contributed by atoms with van der Waals surface area (Å²) >= 11 is 0. The normalized spacial score (nSPS) is 13.2. The number of aromatic nitrogens is 2. The van der Waals surface area contributed by atoms with E-state index in [1.54, 1.807) is 29.2 Å². The van der Waals surface area contributed by atoms with E-state index in [9.17, 15) is 9.59 Å². The van der Waals surface area contributed by atoms with Crippen LogP contribution < -0.4 is 5.32 Å². The fourth-order valence-electron chi connectivity index (χ4n) is 4.45. The zero-order valence-electron chi connectivity index (χ0n) is 19.5. The number of hydrogen-bond acceptors (Lipinski definition) is 3. The second-order valence-electron chi connectivity index (χ2n) is 8.67. The lowest BCUT2D eigenvalue weighted by Gasteiger charge is -2.21. The smallest absolute Gasteiger partial charge is 0.256 e. The van der Waals surface area contributed by atoms with Gasteiger partial charge in [-0.25, -0.2) is 4.98 Å². The van der Waals surface area contributed by atoms with Gasteiger partial charge in [-0.3, -0.25) is 9.59 Å². The topological polar surface area (TPSA) is 78.1 Å². The number of imidazole rings is 1. The Hall–Kier alpha value is -4.45. The van der Waals surface area contributed by atoms with Crippen LogP contribution in [0.2, 0.25) is 0 Å². The fourth-order valence-corrected chi connectivity index (χ4v) is 4.45. The molecule has 2 amide bonds. The number of nitrogens with zero attached hydrogens (tertiary/aromatic N) is 2. The molecule has 4 aromatic rings. The molecular weight excluding hydrogens is 436 g/mol. The molecule has 0 radical (unpaired) electrons. The van der Waals surface area contributed by atoms with Crippen molar-refractivity contribution in [3.8, 4) is 11.1 Å². The molecule has 6 nitrogen and oxygen atoms in total. The van der Waals surface area contributed by atoms with Crippen molar-refractivity contribution >= 4 is 23.1 Å². The first-order valence-electron chi connectivity index (χ1n) is 11.6. The number of rotatable bonds is 4. The first-order valence-corrected chi connectivity index (χ1v) is 11.6. The monoisotopic (exact) mass is 462 g/mol. The number of nitrogens with one attached hydrogen (secondary N) is 2. The third-order valence-corrected chi connectivity index (χ3v) is 6.18. The van der Waals surface area contributed by atoms with E-state index in [0.717, 1.165) is 33.9 Å². The lowest BCUT2D eigenvalue weighted by atomic mass is 9.99. The first kappa shape index (κ1) is 22.3. The Morgan fingerprint density at radius 1 is 0.971 bits per heavy atom. The molecule has 0 aliphatic carbocycles. The minimum atomic E-state index is -0.198. The van der Waals surface area contributed by atoms with E-state index in [2.05, 4.69) is 21.9 Å². The molecule has 174 valence electrons. The van der Waals surface area contributed by atoms with Crippen LogP contribution in [0.4, 0.5) is 5.69 Å². The number of benzene rings is 3. The quantitative estimate of drug-likeness (QED) is 0.429. The highest BCUT2D eigenvalue weighted by atomic mass is 16.2. The van der Waals surface area contributed by atoms with Crippen molar-refractivity contribution in [3.05, 3.63) is 114 Å². The summed E-state index contributed by atoms with van der Waals surface area (Å²) in [6.07, 6.45) is 0.704. The lowest BCUT2D eigenvalue weighted by molar-refractivity contribution is 0.0780. The van der Waals surface area contributed by atoms with E-state index >= 15 is 0 Å². The average molecular weight is 463 g/mol. The summed E-state index contributed by atoms with van der Waals surface area (Å²) in [5.41, 5.74) is 6.36. The van der Waals surface area contributed by atoms with Gasteiger partial charge in [-0.1, -0.05) is 55.1 Å². The predicted octanol–water partition coefficient (Wildman–Crippen LogP) is 5.35. The number of anilines is 1. The first-order chi connectivity index (χ1) is 17.0. The zero-order chi connectivity index (χ0) is 24.4. The van der Waals surface area contributed by atoms with Gasteiger partial charge >= 0.3 is 0 Å². The Balaban J connectivity index is 1.29. The molecule has 2 N–H and O–H groups in total. The zero-order valence-corrected chi connectivity index (χ0v) is 19.5. The summed E-state index contributed by atoms with van der Waals surface area (Å²) in [5.74, 6) is 0.594. The van der Waals surface area contributed by atoms with Gasteiger partial charge in [-0.15, -0.1) is 0 Å². The van der Waals surface area contributed by atoms with Crippen LogP contribution in [0.1, 0.15) is 37.9 Å². The fraction of sp³-hybridized carbons (Fsp3) is 0.138. The van der Waals surface area contributed by atoms with Crippen LogP contribution in [0.3, 0.4) is 0 Å². The van der Waals surface area contributed by atoms with E-state index in [0.29, 0.717) is 36.3 Å². The van der Waals surface area contributed by atoms with Crippen LogP contribution in [-0.4, -0.2) is 39.8 Å². The Labute approximate surface area is 204 Å². The van der Waals surface area contributed by atoms with Gasteiger partial charge in [-0.05, 0) is 54.0 Å². The van der Waals surface area contributed by atoms with E-state index in [1.807, 2.05) is 61.5 Å². The summed E-state index contributed by atoms with van der Waals surface area (Å²) < 4.78 is 0. The highest BCUT2D eigenvalue weighted by Gasteiger charge is 2.24. The number of fused-ring (bicyclic) bond motifs is 1. The van der Waals surface area contributed by atoms with Crippen molar-refractivity contribution in [2.24, 2.45) is 0 Å². The Bertz CT molecular complexity index is 1400. The number of aryl methyl sites for hydroxylation is 1. The number of H-pyrrole nitrogens is 1. The largest absolute Gasteiger partial charge is 0.346 e. The highest BCUT2D eigenvalue weighted by Crippen LogP contribution is 2.25. The van der Waals surface area contributed by atoms with Crippen LogP contribution in [0, 0.1) is 6.92 Å². The van der Waals surface area contributed by atoms with Crippen molar-refractivity contribution in [1.82, 2.24) is 14.9 Å². The molecule has 6 heteroatoms. The summed E-state index contributed by atoms with van der Waals surface area (Å²) in [6, 6.07) is 24.4. The summed E-state index contributed by atoms with van der Waals surface area (Å²) in [5, 5.41) is 2.95. The highest BCUT2D eigenvalue weighted by molar-refractivity contribution is 6.09. The third kappa shape index (κ3) is 4.64. The van der Waals surface area contributed by atoms with Gasteiger partial charge in [0.15, 0.2) is 0 Å². The second-order valence-corrected chi connectivity index (χ2v) is 8.67. The van der Waals surface area contributed by atoms with Gasteiger partial charge in [-0.2, -0.15) is 0 Å². The number of carbonyl (C=O) groups is 2. The van der Waals surface area contributed by atoms with Crippen LogP contribution in [0.5, 0.6) is 0 Å². The van der Waals surface area contributed by atoms with E-state index < -0.39 is 0 Å². The molecule has 1 aliphatic heterocycles. The van der Waals surface area contributed by atoms with Gasteiger partial charge in [0.05, 0.1) is 5.69 Å². The van der Waals surface area contributed by atoms with E-state index in [-0.39, 0.29) is 11.8 Å². The molecule has 1 aliphatic rings. The van der Waals surface area contributed by atoms with Crippen LogP contribution >= 0.6 is 0 Å². The maximum absolute atomic E-state index is 13.2. The molecule has 0 spiro atoms. The maximum atomic E-state index is 13.2. The van der Waals surface area contributed by atoms with Gasteiger partial charge in [0.2, 0.25) is 0 Å². The summed E-state index contributed by atoms with van der Waals surface area (Å²) in [4.78, 5) is 35.8. The van der Waals surface area contributed by atoms with Gasteiger partial charge in [0.25, 0.3) is 11.8 Å². The third-order valence-electron chi connectivity index (χ3n) is 6.18. The summed E-state index contributed by atoms with van der Waals surface area (Å²) in [7, 11) is 0. The summed E-state index contributed by atoms with van der Waals surface area (Å²) in [6.45, 7) is 7.08. The molecule has 0 saturated carbocycles. The number of aromatic amines is 1. The van der Waals surface area contributed by atoms with Crippen molar-refractivity contribution in [2.75, 3.05) is 18.4 Å². The lowest BCUT2D eigenvalue weighted by Crippen LogP contribution is -2.33. The maximum Gasteiger partial charge on any atom is 0.256 e. The van der Waals surface area contributed by atoms with Gasteiger partial charge in [0.1, 0.15) is 5.82 Å². The molecule has 0 unspecified atom stereocenters. The molecule has 5 rings (SSSR count). The molecular formula is C29H26N4O2. The SMILES string of the molecule is C=C1CN(C(=O)c2ccc(NC(=O)c3ccccc3-c3ccccc3)cc2)CCc2[nH]c(C)nc21. The molecule has 0 atom stereocenters. The number of hydrogen-bond donors (Lipinski definition) is 2. The standard InChI is InChI=1S/C29H26N4O2/c1-19-18-33(17-16-26-27(19)31-20(2)30-26)29(35)22-12-14-23(15-13-22)32-28(34)25-11-7-6-10-24(25)21-8-4-3-5-9-21/h3-15H,1,16-18H2,2H3,(H,30,31)(H,32,34). The second kappa shape index (κ2) is 9.43. The van der Waals surface area contributed by atoms with Crippen LogP contribution in [0.15, 0.2) is 85.4 Å².